The van der Waals surface area contributed by atoms with Gasteiger partial charge in [-0.3, -0.25) is 9.59 Å². The summed E-state index contributed by atoms with van der Waals surface area (Å²) in [4.78, 5) is 44.8. The lowest BCUT2D eigenvalue weighted by Crippen LogP contribution is -2.61. The standard InChI is InChI=1S/C22H21ClF3N7O2.H2/c23-13-7-14-15(9-29-18(14)28-8-13)19-27-4-3-17(31-19)33-6-5-32(21(35)12-1-2-12)10-16(33)20(34)30-11-22(24,25)26;/h3-4,7-9,12,16H,1-2,5-6,10-11H2,(H,28,29)(H,30,34);1H/t16-;/m0./s1. The van der Waals surface area contributed by atoms with Gasteiger partial charge in [0, 0.05) is 50.0 Å². The molecule has 4 heterocycles. The largest absolute Gasteiger partial charge is 0.405 e. The van der Waals surface area contributed by atoms with Crippen molar-refractivity contribution in [2.75, 3.05) is 31.1 Å². The number of aromatic nitrogens is 4. The molecule has 13 heteroatoms. The number of alkyl halides is 3. The number of H-pyrrole nitrogens is 1. The smallest absolute Gasteiger partial charge is 0.345 e. The number of nitrogens with one attached hydrogen (secondary N) is 2. The first-order valence-electron chi connectivity index (χ1n) is 11.1. The highest BCUT2D eigenvalue weighted by atomic mass is 35.5. The van der Waals surface area contributed by atoms with Crippen LogP contribution in [0.15, 0.2) is 30.7 Å². The highest BCUT2D eigenvalue weighted by Gasteiger charge is 2.40. The number of fused-ring (bicyclic) bond motifs is 1. The van der Waals surface area contributed by atoms with Crippen LogP contribution in [-0.4, -0.2) is 75.0 Å². The van der Waals surface area contributed by atoms with Gasteiger partial charge in [-0.15, -0.1) is 0 Å². The number of pyridine rings is 1. The fourth-order valence-corrected chi connectivity index (χ4v) is 4.34. The number of carbonyl (C=O) groups is 2. The Labute approximate surface area is 204 Å². The number of amides is 2. The van der Waals surface area contributed by atoms with Gasteiger partial charge in [-0.05, 0) is 25.0 Å². The third kappa shape index (κ3) is 5.02. The molecule has 5 rings (SSSR count). The van der Waals surface area contributed by atoms with Crippen LogP contribution in [0.5, 0.6) is 0 Å². The van der Waals surface area contributed by atoms with E-state index >= 15 is 0 Å². The molecule has 1 saturated carbocycles. The van der Waals surface area contributed by atoms with Crippen molar-refractivity contribution in [3.05, 3.63) is 35.7 Å². The molecule has 1 atom stereocenters. The van der Waals surface area contributed by atoms with Gasteiger partial charge < -0.3 is 20.1 Å². The molecule has 0 aromatic carbocycles. The Morgan fingerprint density at radius 3 is 2.80 bits per heavy atom. The van der Waals surface area contributed by atoms with E-state index in [1.54, 1.807) is 28.1 Å². The van der Waals surface area contributed by atoms with E-state index in [-0.39, 0.29) is 26.3 Å². The van der Waals surface area contributed by atoms with Crippen LogP contribution in [0.25, 0.3) is 22.4 Å². The molecule has 3 aromatic heterocycles. The first-order chi connectivity index (χ1) is 16.7. The number of nitrogens with zero attached hydrogens (tertiary/aromatic N) is 5. The van der Waals surface area contributed by atoms with Crippen LogP contribution in [0.3, 0.4) is 0 Å². The summed E-state index contributed by atoms with van der Waals surface area (Å²) in [5.41, 5.74) is 1.23. The van der Waals surface area contributed by atoms with Crippen molar-refractivity contribution in [1.82, 2.24) is 30.2 Å². The summed E-state index contributed by atoms with van der Waals surface area (Å²) in [6.07, 6.45) is 1.75. The highest BCUT2D eigenvalue weighted by Crippen LogP contribution is 2.33. The third-order valence-corrected chi connectivity index (χ3v) is 6.26. The van der Waals surface area contributed by atoms with E-state index in [0.29, 0.717) is 39.8 Å². The van der Waals surface area contributed by atoms with Crippen LogP contribution >= 0.6 is 11.6 Å². The second-order valence-corrected chi connectivity index (χ2v) is 9.03. The molecule has 0 spiro atoms. The second-order valence-electron chi connectivity index (χ2n) is 8.59. The van der Waals surface area contributed by atoms with Gasteiger partial charge >= 0.3 is 6.18 Å². The number of anilines is 1. The Balaban J connectivity index is 0.00000304. The summed E-state index contributed by atoms with van der Waals surface area (Å²) in [5.74, 6) is -0.245. The van der Waals surface area contributed by atoms with Gasteiger partial charge in [0.15, 0.2) is 5.82 Å². The van der Waals surface area contributed by atoms with Crippen molar-refractivity contribution in [1.29, 1.82) is 0 Å². The summed E-state index contributed by atoms with van der Waals surface area (Å²) in [6.45, 7) is -0.902. The average molecular weight is 510 g/mol. The van der Waals surface area contributed by atoms with Gasteiger partial charge in [0.2, 0.25) is 11.8 Å². The molecule has 1 aliphatic heterocycles. The van der Waals surface area contributed by atoms with Crippen molar-refractivity contribution in [3.8, 4) is 11.4 Å². The zero-order valence-corrected chi connectivity index (χ0v) is 19.1. The van der Waals surface area contributed by atoms with Crippen LogP contribution in [0, 0.1) is 5.92 Å². The molecule has 2 aliphatic rings. The van der Waals surface area contributed by atoms with Crippen LogP contribution in [0.1, 0.15) is 14.3 Å². The number of piperazine rings is 1. The Morgan fingerprint density at radius 1 is 1.26 bits per heavy atom. The van der Waals surface area contributed by atoms with Crippen molar-refractivity contribution in [3.63, 3.8) is 0 Å². The molecule has 1 aliphatic carbocycles. The number of aromatic amines is 1. The van der Waals surface area contributed by atoms with Crippen LogP contribution in [0.4, 0.5) is 19.0 Å². The van der Waals surface area contributed by atoms with Crippen LogP contribution < -0.4 is 10.2 Å². The van der Waals surface area contributed by atoms with E-state index in [2.05, 4.69) is 19.9 Å². The minimum Gasteiger partial charge on any atom is -0.345 e. The van der Waals surface area contributed by atoms with Gasteiger partial charge in [0.1, 0.15) is 24.1 Å². The number of hydrogen-bond acceptors (Lipinski definition) is 6. The average Bonchev–Trinajstić information content (AvgIpc) is 3.61. The van der Waals surface area contributed by atoms with Gasteiger partial charge in [0.05, 0.1) is 11.6 Å². The number of carbonyl (C=O) groups excluding carboxylic acids is 2. The highest BCUT2D eigenvalue weighted by molar-refractivity contribution is 6.31. The van der Waals surface area contributed by atoms with E-state index in [1.807, 2.05) is 5.32 Å². The molecular weight excluding hydrogens is 487 g/mol. The molecule has 0 radical (unpaired) electrons. The fraction of sp³-hybridized carbons (Fsp3) is 0.409. The van der Waals surface area contributed by atoms with E-state index in [1.165, 1.54) is 12.4 Å². The summed E-state index contributed by atoms with van der Waals surface area (Å²) >= 11 is 6.09. The Hall–Kier alpha value is -3.41. The molecule has 3 aromatic rings. The second kappa shape index (κ2) is 8.99. The lowest BCUT2D eigenvalue weighted by Gasteiger charge is -2.41. The molecule has 35 heavy (non-hydrogen) atoms. The zero-order valence-electron chi connectivity index (χ0n) is 18.3. The molecule has 186 valence electrons. The zero-order chi connectivity index (χ0) is 24.7. The third-order valence-electron chi connectivity index (χ3n) is 6.06. The maximum atomic E-state index is 12.8. The minimum atomic E-state index is -4.55. The van der Waals surface area contributed by atoms with Crippen molar-refractivity contribution >= 4 is 40.3 Å². The van der Waals surface area contributed by atoms with E-state index in [0.717, 1.165) is 12.8 Å². The maximum absolute atomic E-state index is 12.8. The molecule has 2 amide bonds. The monoisotopic (exact) mass is 509 g/mol. The Bertz CT molecular complexity index is 1280. The topological polar surface area (TPSA) is 107 Å². The normalized spacial score (nSPS) is 18.7. The number of rotatable bonds is 5. The lowest BCUT2D eigenvalue weighted by atomic mass is 10.1. The predicted molar refractivity (Wildman–Crippen MR) is 124 cm³/mol. The molecule has 1 saturated heterocycles. The lowest BCUT2D eigenvalue weighted by molar-refractivity contribution is -0.141. The van der Waals surface area contributed by atoms with Gasteiger partial charge in [-0.2, -0.15) is 13.2 Å². The summed E-state index contributed by atoms with van der Waals surface area (Å²) in [6, 6.07) is 2.28. The molecule has 9 nitrogen and oxygen atoms in total. The molecule has 2 N–H and O–H groups in total. The van der Waals surface area contributed by atoms with Crippen molar-refractivity contribution < 1.29 is 24.2 Å². The first kappa shape index (κ1) is 23.3. The van der Waals surface area contributed by atoms with Crippen LogP contribution in [-0.2, 0) is 9.59 Å². The SMILES string of the molecule is O=C(NCC(F)(F)F)[C@@H]1CN(C(=O)C2CC2)CCN1c1ccnc(-c2c[nH]c3ncc(Cl)cc23)n1.[HH]. The van der Waals surface area contributed by atoms with Crippen LogP contribution in [0.2, 0.25) is 5.02 Å². The molecule has 0 bridgehead atoms. The maximum Gasteiger partial charge on any atom is 0.405 e. The summed E-state index contributed by atoms with van der Waals surface area (Å²) in [5, 5.41) is 3.09. The first-order valence-corrected chi connectivity index (χ1v) is 11.4. The van der Waals surface area contributed by atoms with Gasteiger partial charge in [-0.25, -0.2) is 15.0 Å². The van der Waals surface area contributed by atoms with Crippen molar-refractivity contribution in [2.24, 2.45) is 5.92 Å². The van der Waals surface area contributed by atoms with Gasteiger partial charge in [-0.1, -0.05) is 11.6 Å². The molecule has 2 fully saturated rings. The van der Waals surface area contributed by atoms with Gasteiger partial charge in [0.25, 0.3) is 0 Å². The Kier molecular flexibility index (Phi) is 5.99. The van der Waals surface area contributed by atoms with Crippen molar-refractivity contribution in [2.45, 2.75) is 25.1 Å². The number of halogens is 4. The molecule has 0 unspecified atom stereocenters. The predicted octanol–water partition coefficient (Wildman–Crippen LogP) is 3.03. The van der Waals surface area contributed by atoms with E-state index < -0.39 is 24.7 Å². The minimum absolute atomic E-state index is 0. The van der Waals surface area contributed by atoms with E-state index in [9.17, 15) is 22.8 Å². The van der Waals surface area contributed by atoms with E-state index in [4.69, 9.17) is 11.6 Å². The fourth-order valence-electron chi connectivity index (χ4n) is 4.18. The summed E-state index contributed by atoms with van der Waals surface area (Å²) < 4.78 is 38.3. The quantitative estimate of drug-likeness (QED) is 0.547. The number of hydrogen-bond donors (Lipinski definition) is 2. The summed E-state index contributed by atoms with van der Waals surface area (Å²) in [7, 11) is 0. The molecular formula is C22H23ClF3N7O2. The Morgan fingerprint density at radius 2 is 2.06 bits per heavy atom.